The zero-order chi connectivity index (χ0) is 25.2. The van der Waals surface area contributed by atoms with E-state index < -0.39 is 0 Å². The first-order valence-electron chi connectivity index (χ1n) is 11.6. The van der Waals surface area contributed by atoms with E-state index in [1.807, 2.05) is 37.3 Å². The molecular formula is C28H31N3O3S. The number of ether oxygens (including phenoxy) is 1. The molecule has 3 aromatic rings. The van der Waals surface area contributed by atoms with Gasteiger partial charge in [-0.25, -0.2) is 0 Å². The van der Waals surface area contributed by atoms with Gasteiger partial charge in [0.1, 0.15) is 5.75 Å². The Morgan fingerprint density at radius 2 is 1.43 bits per heavy atom. The van der Waals surface area contributed by atoms with Crippen LogP contribution in [0.1, 0.15) is 59.5 Å². The summed E-state index contributed by atoms with van der Waals surface area (Å²) in [6.07, 6.45) is 0.973. The summed E-state index contributed by atoms with van der Waals surface area (Å²) < 4.78 is 5.68. The van der Waals surface area contributed by atoms with E-state index in [-0.39, 0.29) is 23.0 Å². The van der Waals surface area contributed by atoms with E-state index in [9.17, 15) is 9.59 Å². The predicted molar refractivity (Wildman–Crippen MR) is 144 cm³/mol. The van der Waals surface area contributed by atoms with Crippen LogP contribution in [-0.2, 0) is 0 Å². The van der Waals surface area contributed by atoms with Crippen molar-refractivity contribution in [2.24, 2.45) is 5.92 Å². The summed E-state index contributed by atoms with van der Waals surface area (Å²) in [7, 11) is 0. The molecule has 35 heavy (non-hydrogen) atoms. The van der Waals surface area contributed by atoms with Crippen LogP contribution in [0, 0.1) is 5.92 Å². The number of anilines is 1. The highest BCUT2D eigenvalue weighted by atomic mass is 32.1. The minimum atomic E-state index is -0.317. The molecule has 0 saturated heterocycles. The van der Waals surface area contributed by atoms with E-state index in [1.54, 1.807) is 48.5 Å². The van der Waals surface area contributed by atoms with E-state index >= 15 is 0 Å². The van der Waals surface area contributed by atoms with Gasteiger partial charge in [0.2, 0.25) is 0 Å². The van der Waals surface area contributed by atoms with Crippen molar-refractivity contribution in [3.05, 3.63) is 95.6 Å². The average Bonchev–Trinajstić information content (AvgIpc) is 2.85. The number of carbonyl (C=O) groups excluding carboxylic acids is 2. The number of rotatable bonds is 9. The molecule has 3 aromatic carbocycles. The van der Waals surface area contributed by atoms with Gasteiger partial charge in [0, 0.05) is 16.8 Å². The van der Waals surface area contributed by atoms with Gasteiger partial charge in [0.15, 0.2) is 5.11 Å². The number of thiocarbonyl (C=S) groups is 1. The first-order valence-corrected chi connectivity index (χ1v) is 12.0. The van der Waals surface area contributed by atoms with Crippen molar-refractivity contribution in [2.45, 2.75) is 33.2 Å². The molecule has 0 aliphatic carbocycles. The first kappa shape index (κ1) is 25.9. The zero-order valence-electron chi connectivity index (χ0n) is 20.2. The van der Waals surface area contributed by atoms with E-state index in [4.69, 9.17) is 17.0 Å². The standard InChI is InChI=1S/C28H31N3O3S/c1-19(2)17-18-34-25-15-11-23(12-16-25)27(33)31-28(35)30-24-13-9-22(10-14-24)26(32)29-20(3)21-7-5-4-6-8-21/h4-16,19-20H,17-18H2,1-3H3,(H,29,32)(H2,30,31,33,35). The van der Waals surface area contributed by atoms with Crippen molar-refractivity contribution < 1.29 is 14.3 Å². The van der Waals surface area contributed by atoms with Crippen molar-refractivity contribution >= 4 is 34.8 Å². The third-order valence-electron chi connectivity index (χ3n) is 5.36. The van der Waals surface area contributed by atoms with Crippen molar-refractivity contribution in [3.63, 3.8) is 0 Å². The van der Waals surface area contributed by atoms with Crippen LogP contribution in [0.4, 0.5) is 5.69 Å². The highest BCUT2D eigenvalue weighted by Gasteiger charge is 2.12. The number of nitrogens with one attached hydrogen (secondary N) is 3. The van der Waals surface area contributed by atoms with Crippen molar-refractivity contribution in [1.82, 2.24) is 10.6 Å². The fraction of sp³-hybridized carbons (Fsp3) is 0.250. The SMILES string of the molecule is CC(C)CCOc1ccc(C(=O)NC(=S)Nc2ccc(C(=O)NC(C)c3ccccc3)cc2)cc1. The topological polar surface area (TPSA) is 79.5 Å². The molecule has 0 aliphatic rings. The fourth-order valence-corrected chi connectivity index (χ4v) is 3.47. The van der Waals surface area contributed by atoms with Crippen LogP contribution in [0.2, 0.25) is 0 Å². The lowest BCUT2D eigenvalue weighted by atomic mass is 10.1. The maximum Gasteiger partial charge on any atom is 0.257 e. The van der Waals surface area contributed by atoms with Crippen molar-refractivity contribution in [3.8, 4) is 5.75 Å². The number of hydrogen-bond acceptors (Lipinski definition) is 4. The largest absolute Gasteiger partial charge is 0.494 e. The Bertz CT molecular complexity index is 1130. The molecule has 1 atom stereocenters. The van der Waals surface area contributed by atoms with Gasteiger partial charge in [-0.2, -0.15) is 0 Å². The summed E-state index contributed by atoms with van der Waals surface area (Å²) in [4.78, 5) is 25.0. The Labute approximate surface area is 212 Å². The number of benzene rings is 3. The lowest BCUT2D eigenvalue weighted by molar-refractivity contribution is 0.0938. The minimum absolute atomic E-state index is 0.107. The van der Waals surface area contributed by atoms with E-state index in [0.29, 0.717) is 29.3 Å². The number of amides is 2. The van der Waals surface area contributed by atoms with E-state index in [0.717, 1.165) is 17.7 Å². The third-order valence-corrected chi connectivity index (χ3v) is 5.56. The van der Waals surface area contributed by atoms with Crippen LogP contribution >= 0.6 is 12.2 Å². The number of carbonyl (C=O) groups is 2. The quantitative estimate of drug-likeness (QED) is 0.335. The van der Waals surface area contributed by atoms with Gasteiger partial charge in [-0.05, 0) is 85.6 Å². The van der Waals surface area contributed by atoms with Crippen molar-refractivity contribution in [1.29, 1.82) is 0 Å². The first-order chi connectivity index (χ1) is 16.8. The summed E-state index contributed by atoms with van der Waals surface area (Å²) in [6, 6.07) is 23.5. The van der Waals surface area contributed by atoms with Gasteiger partial charge in [-0.1, -0.05) is 44.2 Å². The second-order valence-electron chi connectivity index (χ2n) is 8.65. The lowest BCUT2D eigenvalue weighted by Crippen LogP contribution is -2.34. The molecular weight excluding hydrogens is 458 g/mol. The summed E-state index contributed by atoms with van der Waals surface area (Å²) in [5.74, 6) is 0.818. The molecule has 0 aliphatic heterocycles. The molecule has 3 rings (SSSR count). The van der Waals surface area contributed by atoms with Gasteiger partial charge >= 0.3 is 0 Å². The predicted octanol–water partition coefficient (Wildman–Crippen LogP) is 5.73. The fourth-order valence-electron chi connectivity index (χ4n) is 3.26. The van der Waals surface area contributed by atoms with E-state index in [1.165, 1.54) is 0 Å². The Balaban J connectivity index is 1.48. The normalized spacial score (nSPS) is 11.4. The smallest absolute Gasteiger partial charge is 0.257 e. The van der Waals surface area contributed by atoms with Gasteiger partial charge in [-0.3, -0.25) is 14.9 Å². The van der Waals surface area contributed by atoms with E-state index in [2.05, 4.69) is 29.8 Å². The monoisotopic (exact) mass is 489 g/mol. The van der Waals surface area contributed by atoms with Gasteiger partial charge in [0.25, 0.3) is 11.8 Å². The highest BCUT2D eigenvalue weighted by Crippen LogP contribution is 2.15. The summed E-state index contributed by atoms with van der Waals surface area (Å²) >= 11 is 5.27. The van der Waals surface area contributed by atoms with Crippen LogP contribution in [0.25, 0.3) is 0 Å². The minimum Gasteiger partial charge on any atom is -0.494 e. The molecule has 3 N–H and O–H groups in total. The van der Waals surface area contributed by atoms with Gasteiger partial charge < -0.3 is 15.4 Å². The third kappa shape index (κ3) is 8.22. The molecule has 7 heteroatoms. The molecule has 1 unspecified atom stereocenters. The zero-order valence-corrected chi connectivity index (χ0v) is 21.0. The van der Waals surface area contributed by atoms with Gasteiger partial charge in [0.05, 0.1) is 12.6 Å². The molecule has 0 heterocycles. The molecule has 182 valence electrons. The Morgan fingerprint density at radius 1 is 0.829 bits per heavy atom. The molecule has 0 fully saturated rings. The van der Waals surface area contributed by atoms with Crippen LogP contribution < -0.4 is 20.7 Å². The Hall–Kier alpha value is -3.71. The number of hydrogen-bond donors (Lipinski definition) is 3. The summed E-state index contributed by atoms with van der Waals surface area (Å²) in [5, 5.41) is 8.79. The second-order valence-corrected chi connectivity index (χ2v) is 9.06. The molecule has 0 saturated carbocycles. The maximum atomic E-state index is 12.6. The van der Waals surface area contributed by atoms with Gasteiger partial charge in [-0.15, -0.1) is 0 Å². The highest BCUT2D eigenvalue weighted by molar-refractivity contribution is 7.80. The lowest BCUT2D eigenvalue weighted by Gasteiger charge is -2.15. The molecule has 2 amide bonds. The maximum absolute atomic E-state index is 12.6. The van der Waals surface area contributed by atoms with Crippen LogP contribution in [0.5, 0.6) is 5.75 Å². The Kier molecular flexibility index (Phi) is 9.38. The van der Waals surface area contributed by atoms with Crippen molar-refractivity contribution in [2.75, 3.05) is 11.9 Å². The second kappa shape index (κ2) is 12.7. The average molecular weight is 490 g/mol. The molecule has 0 bridgehead atoms. The summed E-state index contributed by atoms with van der Waals surface area (Å²) in [6.45, 7) is 6.88. The molecule has 0 aromatic heterocycles. The van der Waals surface area contributed by atoms with Crippen LogP contribution in [-0.4, -0.2) is 23.5 Å². The summed E-state index contributed by atoms with van der Waals surface area (Å²) in [5.41, 5.74) is 2.71. The van der Waals surface area contributed by atoms with Crippen LogP contribution in [0.15, 0.2) is 78.9 Å². The Morgan fingerprint density at radius 3 is 2.06 bits per heavy atom. The molecule has 0 radical (unpaired) electrons. The van der Waals surface area contributed by atoms with Crippen LogP contribution in [0.3, 0.4) is 0 Å². The molecule has 0 spiro atoms. The molecule has 6 nitrogen and oxygen atoms in total.